The van der Waals surface area contributed by atoms with Crippen molar-refractivity contribution in [2.75, 3.05) is 31.5 Å². The number of fused-ring (bicyclic) bond motifs is 1. The van der Waals surface area contributed by atoms with Crippen LogP contribution in [0.2, 0.25) is 5.02 Å². The normalized spacial score (nSPS) is 17.8. The summed E-state index contributed by atoms with van der Waals surface area (Å²) in [4.78, 5) is 69.1. The number of likely N-dealkylation sites (tertiary alicyclic amines) is 1. The number of aromatic carboxylic acids is 1. The summed E-state index contributed by atoms with van der Waals surface area (Å²) in [6, 6.07) is 4.05. The number of carbonyl (C=O) groups excluding carboxylic acids is 4. The largest absolute Gasteiger partial charge is 0.547 e. The highest BCUT2D eigenvalue weighted by Crippen LogP contribution is 2.41. The van der Waals surface area contributed by atoms with Gasteiger partial charge in [0.25, 0.3) is 0 Å². The summed E-state index contributed by atoms with van der Waals surface area (Å²) in [6.45, 7) is 0.550. The number of phenols is 3. The van der Waals surface area contributed by atoms with Gasteiger partial charge in [-0.3, -0.25) is 4.79 Å². The topological polar surface area (TPSA) is 242 Å². The molecule has 0 spiro atoms. The Morgan fingerprint density at radius 2 is 1.61 bits per heavy atom. The third-order valence-corrected chi connectivity index (χ3v) is 9.78. The highest BCUT2D eigenvalue weighted by molar-refractivity contribution is 6.47. The fourth-order valence-electron chi connectivity index (χ4n) is 6.55. The number of nitrogens with zero attached hydrogens (tertiary/aromatic N) is 3. The zero-order valence-electron chi connectivity index (χ0n) is 28.0. The third kappa shape index (κ3) is 7.42. The number of anilines is 1. The number of urea groups is 3. The van der Waals surface area contributed by atoms with Crippen LogP contribution in [0.3, 0.4) is 0 Å². The number of piperidine rings is 1. The lowest BCUT2D eigenvalue weighted by atomic mass is 9.72. The van der Waals surface area contributed by atoms with Crippen molar-refractivity contribution >= 4 is 54.4 Å². The number of hydrogen-bond donors (Lipinski definition) is 8. The fourth-order valence-corrected chi connectivity index (χ4v) is 6.81. The van der Waals surface area contributed by atoms with Gasteiger partial charge in [0.15, 0.2) is 17.3 Å². The Morgan fingerprint density at radius 3 is 2.28 bits per heavy atom. The molecule has 6 rings (SSSR count). The monoisotopic (exact) mass is 772 g/mol. The quantitative estimate of drug-likeness (QED) is 0.0987. The molecule has 0 aromatic heterocycles. The van der Waals surface area contributed by atoms with Crippen LogP contribution in [-0.4, -0.2) is 115 Å². The van der Waals surface area contributed by atoms with Gasteiger partial charge in [0.05, 0.1) is 11.0 Å². The van der Waals surface area contributed by atoms with Crippen molar-refractivity contribution in [3.8, 4) is 23.0 Å². The zero-order chi connectivity index (χ0) is 39.0. The molecule has 1 unspecified atom stereocenters. The number of benzene rings is 3. The van der Waals surface area contributed by atoms with Gasteiger partial charge in [-0.15, -0.1) is 0 Å². The van der Waals surface area contributed by atoms with E-state index in [2.05, 4.69) is 16.0 Å². The van der Waals surface area contributed by atoms with Crippen molar-refractivity contribution in [3.63, 3.8) is 0 Å². The second kappa shape index (κ2) is 15.1. The smallest absolute Gasteiger partial charge is 0.534 e. The molecule has 3 aliphatic rings. The van der Waals surface area contributed by atoms with E-state index in [-0.39, 0.29) is 56.0 Å². The first-order chi connectivity index (χ1) is 25.6. The van der Waals surface area contributed by atoms with Gasteiger partial charge in [-0.2, -0.15) is 0 Å². The molecule has 2 saturated heterocycles. The van der Waals surface area contributed by atoms with Gasteiger partial charge < -0.3 is 55.9 Å². The zero-order valence-corrected chi connectivity index (χ0v) is 28.7. The Labute approximate surface area is 309 Å². The standard InChI is InChI=1S/C33H32BClF2N6O11/c35-24-19(14-21(37)26(45)27(24)46)25(29(47)39-22-13-15-1-6-20(36)23(30(48)49)28(15)54-34(22)53)40-32(51)43-12-11-42(33(43)52)17-7-9-41(10-8-17)31(50)38-16-2-4-18(44)5-3-16/h1-6,14,17,22,25,44-46,53H,7-13H2,(H,38,50)(H,39,47)(H,40,51)(H,48,49)/t22-,25?/m0/s1. The SMILES string of the molecule is O=C(O)c1c(F)ccc2c1OB(O)[C@@H](NC(=O)C(NC(=O)N1CCN(C3CCN(C(=O)Nc4ccc(O)cc4)CC3)C1=O)c1cc(F)c(O)c(O)c1Cl)C2. The summed E-state index contributed by atoms with van der Waals surface area (Å²) in [5.41, 5.74) is -0.801. The molecular weight excluding hydrogens is 741 g/mol. The fraction of sp³-hybridized carbons (Fsp3) is 0.303. The van der Waals surface area contributed by atoms with E-state index in [1.165, 1.54) is 23.1 Å². The maximum absolute atomic E-state index is 14.7. The van der Waals surface area contributed by atoms with Crippen LogP contribution in [0.15, 0.2) is 42.5 Å². The Hall–Kier alpha value is -6.02. The minimum absolute atomic E-state index is 0.0440. The van der Waals surface area contributed by atoms with E-state index in [9.17, 15) is 58.2 Å². The molecule has 0 radical (unpaired) electrons. The maximum Gasteiger partial charge on any atom is 0.547 e. The van der Waals surface area contributed by atoms with E-state index in [4.69, 9.17) is 16.3 Å². The molecule has 2 atom stereocenters. The van der Waals surface area contributed by atoms with Crippen LogP contribution >= 0.6 is 11.6 Å². The molecule has 3 aromatic rings. The number of aromatic hydroxyl groups is 3. The van der Waals surface area contributed by atoms with Crippen LogP contribution in [0.25, 0.3) is 0 Å². The lowest BCUT2D eigenvalue weighted by Gasteiger charge is -2.36. The number of halogens is 3. The van der Waals surface area contributed by atoms with Crippen molar-refractivity contribution in [2.45, 2.75) is 37.3 Å². The Bertz CT molecular complexity index is 2020. The van der Waals surface area contributed by atoms with E-state index < -0.39 is 88.1 Å². The number of carboxylic acids is 1. The van der Waals surface area contributed by atoms with Crippen LogP contribution in [0.4, 0.5) is 28.9 Å². The van der Waals surface area contributed by atoms with Gasteiger partial charge in [-0.05, 0) is 61.2 Å². The van der Waals surface area contributed by atoms with Gasteiger partial charge in [0.2, 0.25) is 5.91 Å². The Balaban J connectivity index is 1.15. The van der Waals surface area contributed by atoms with E-state index in [0.29, 0.717) is 24.6 Å². The molecule has 3 aromatic carbocycles. The number of imide groups is 1. The molecule has 17 nitrogen and oxygen atoms in total. The molecule has 0 aliphatic carbocycles. The summed E-state index contributed by atoms with van der Waals surface area (Å²) in [5.74, 6) is -9.51. The van der Waals surface area contributed by atoms with Crippen molar-refractivity contribution in [2.24, 2.45) is 0 Å². The molecule has 3 heterocycles. The van der Waals surface area contributed by atoms with Gasteiger partial charge >= 0.3 is 31.2 Å². The second-order valence-electron chi connectivity index (χ2n) is 12.7. The average Bonchev–Trinajstić information content (AvgIpc) is 3.53. The first kappa shape index (κ1) is 37.7. The van der Waals surface area contributed by atoms with Crippen LogP contribution in [0.5, 0.6) is 23.0 Å². The first-order valence-electron chi connectivity index (χ1n) is 16.5. The number of hydrogen-bond acceptors (Lipinski definition) is 10. The first-order valence-corrected chi connectivity index (χ1v) is 16.9. The summed E-state index contributed by atoms with van der Waals surface area (Å²) in [5, 5.41) is 56.4. The lowest BCUT2D eigenvalue weighted by molar-refractivity contribution is -0.123. The molecule has 2 fully saturated rings. The van der Waals surface area contributed by atoms with E-state index in [1.807, 2.05) is 0 Å². The summed E-state index contributed by atoms with van der Waals surface area (Å²) >= 11 is 6.19. The Morgan fingerprint density at radius 1 is 0.926 bits per heavy atom. The minimum Gasteiger partial charge on any atom is -0.534 e. The lowest BCUT2D eigenvalue weighted by Crippen LogP contribution is -2.56. The van der Waals surface area contributed by atoms with Crippen LogP contribution in [0.1, 0.15) is 40.4 Å². The highest BCUT2D eigenvalue weighted by Gasteiger charge is 2.43. The van der Waals surface area contributed by atoms with Gasteiger partial charge in [-0.25, -0.2) is 32.9 Å². The molecule has 284 valence electrons. The number of carboxylic acid groups (broad SMARTS) is 1. The van der Waals surface area contributed by atoms with Crippen molar-refractivity contribution in [1.29, 1.82) is 0 Å². The van der Waals surface area contributed by atoms with Crippen molar-refractivity contribution < 1.29 is 62.9 Å². The summed E-state index contributed by atoms with van der Waals surface area (Å²) in [7, 11) is -1.93. The van der Waals surface area contributed by atoms with Crippen LogP contribution < -0.4 is 20.6 Å². The number of rotatable bonds is 7. The number of amides is 7. The van der Waals surface area contributed by atoms with Gasteiger partial charge in [-0.1, -0.05) is 17.7 Å². The predicted octanol–water partition coefficient (Wildman–Crippen LogP) is 2.76. The highest BCUT2D eigenvalue weighted by atomic mass is 35.5. The van der Waals surface area contributed by atoms with E-state index >= 15 is 0 Å². The summed E-state index contributed by atoms with van der Waals surface area (Å²) in [6.07, 6.45) is 0.474. The minimum atomic E-state index is -1.96. The molecule has 8 N–H and O–H groups in total. The third-order valence-electron chi connectivity index (χ3n) is 9.38. The molecule has 0 saturated carbocycles. The molecule has 21 heteroatoms. The average molecular weight is 773 g/mol. The van der Waals surface area contributed by atoms with E-state index in [1.54, 1.807) is 17.0 Å². The number of nitrogens with one attached hydrogen (secondary N) is 3. The van der Waals surface area contributed by atoms with Crippen molar-refractivity contribution in [1.82, 2.24) is 25.3 Å². The molecule has 54 heavy (non-hydrogen) atoms. The van der Waals surface area contributed by atoms with Crippen LogP contribution in [-0.2, 0) is 11.2 Å². The molecular formula is C33H32BClF2N6O11. The van der Waals surface area contributed by atoms with Gasteiger partial charge in [0, 0.05) is 43.5 Å². The van der Waals surface area contributed by atoms with Crippen molar-refractivity contribution in [3.05, 3.63) is 75.8 Å². The number of carbonyl (C=O) groups is 5. The Kier molecular flexibility index (Phi) is 10.6. The number of phenolic OH excluding ortho intramolecular Hbond substituents is 3. The van der Waals surface area contributed by atoms with E-state index in [0.717, 1.165) is 11.0 Å². The predicted molar refractivity (Wildman–Crippen MR) is 184 cm³/mol. The molecule has 7 amide bonds. The van der Waals surface area contributed by atoms with Gasteiger partial charge in [0.1, 0.15) is 28.9 Å². The van der Waals surface area contributed by atoms with Crippen LogP contribution in [0, 0.1) is 11.6 Å². The maximum atomic E-state index is 14.7. The molecule has 0 bridgehead atoms. The second-order valence-corrected chi connectivity index (χ2v) is 13.1. The molecule has 3 aliphatic heterocycles. The summed E-state index contributed by atoms with van der Waals surface area (Å²) < 4.78 is 34.2.